The van der Waals surface area contributed by atoms with E-state index in [9.17, 15) is 19.2 Å². The van der Waals surface area contributed by atoms with Crippen molar-refractivity contribution in [3.63, 3.8) is 0 Å². The number of benzene rings is 2. The molecule has 0 radical (unpaired) electrons. The van der Waals surface area contributed by atoms with E-state index in [0.29, 0.717) is 81.1 Å². The number of urea groups is 1. The molecule has 2 aromatic heterocycles. The Bertz CT molecular complexity index is 2430. The number of nitrogens with zero attached hydrogens (tertiary/aromatic N) is 9. The third-order valence-corrected chi connectivity index (χ3v) is 12.2. The summed E-state index contributed by atoms with van der Waals surface area (Å²) in [4.78, 5) is 75.9. The van der Waals surface area contributed by atoms with Gasteiger partial charge >= 0.3 is 12.1 Å². The minimum atomic E-state index is -0.649. The summed E-state index contributed by atoms with van der Waals surface area (Å²) in [5, 5.41) is 5.50. The van der Waals surface area contributed by atoms with Crippen LogP contribution in [0, 0.1) is 12.7 Å². The minimum absolute atomic E-state index is 0.0260. The molecule has 2 aromatic carbocycles. The number of fused-ring (bicyclic) bond motifs is 2. The zero-order valence-corrected chi connectivity index (χ0v) is 36.0. The van der Waals surface area contributed by atoms with Crippen molar-refractivity contribution in [1.29, 1.82) is 0 Å². The fourth-order valence-electron chi connectivity index (χ4n) is 8.78. The number of imide groups is 1. The summed E-state index contributed by atoms with van der Waals surface area (Å²) in [7, 11) is 0. The van der Waals surface area contributed by atoms with Gasteiger partial charge in [0.1, 0.15) is 23.7 Å². The molecule has 5 aliphatic rings. The van der Waals surface area contributed by atoms with Gasteiger partial charge in [-0.15, -0.1) is 0 Å². The monoisotopic (exact) mass is 861 g/mol. The second-order valence-electron chi connectivity index (χ2n) is 17.6. The number of piperazine rings is 1. The van der Waals surface area contributed by atoms with Crippen LogP contribution >= 0.6 is 0 Å². The van der Waals surface area contributed by atoms with E-state index in [1.165, 1.54) is 6.07 Å². The van der Waals surface area contributed by atoms with E-state index in [2.05, 4.69) is 35.3 Å². The lowest BCUT2D eigenvalue weighted by Crippen LogP contribution is -2.64. The molecule has 0 spiro atoms. The van der Waals surface area contributed by atoms with E-state index in [4.69, 9.17) is 14.5 Å². The molecule has 3 fully saturated rings. The van der Waals surface area contributed by atoms with E-state index in [0.717, 1.165) is 60.1 Å². The lowest BCUT2D eigenvalue weighted by molar-refractivity contribution is -0.138. The first-order valence-electron chi connectivity index (χ1n) is 21.5. The smallest absolute Gasteiger partial charge is 0.415 e. The lowest BCUT2D eigenvalue weighted by atomic mass is 10.0. The molecule has 9 rings (SSSR count). The summed E-state index contributed by atoms with van der Waals surface area (Å²) in [6.45, 7) is 14.3. The zero-order valence-electron chi connectivity index (χ0n) is 36.0. The molecule has 18 heteroatoms. The van der Waals surface area contributed by atoms with Gasteiger partial charge in [0, 0.05) is 93.6 Å². The molecule has 0 unspecified atom stereocenters. The van der Waals surface area contributed by atoms with Gasteiger partial charge in [0.05, 0.1) is 37.1 Å². The fraction of sp³-hybridized carbons (Fsp3) is 0.444. The number of rotatable bonds is 8. The van der Waals surface area contributed by atoms with Gasteiger partial charge in [-0.25, -0.2) is 28.9 Å². The average molecular weight is 862 g/mol. The molecule has 0 atom stereocenters. The van der Waals surface area contributed by atoms with Gasteiger partial charge in [-0.2, -0.15) is 0 Å². The Morgan fingerprint density at radius 1 is 0.921 bits per heavy atom. The number of halogens is 1. The zero-order chi connectivity index (χ0) is 44.0. The number of carbonyl (C=O) groups is 4. The van der Waals surface area contributed by atoms with Crippen LogP contribution in [0.25, 0.3) is 0 Å². The number of aromatic nitrogens is 3. The van der Waals surface area contributed by atoms with E-state index < -0.39 is 23.5 Å². The van der Waals surface area contributed by atoms with Crippen molar-refractivity contribution in [2.24, 2.45) is 0 Å². The van der Waals surface area contributed by atoms with Crippen molar-refractivity contribution < 1.29 is 33.0 Å². The Morgan fingerprint density at radius 3 is 2.41 bits per heavy atom. The van der Waals surface area contributed by atoms with E-state index in [1.54, 1.807) is 39.2 Å². The number of ether oxygens (including phenoxy) is 2. The summed E-state index contributed by atoms with van der Waals surface area (Å²) in [6, 6.07) is 12.5. The molecule has 5 amide bonds. The summed E-state index contributed by atoms with van der Waals surface area (Å²) < 4.78 is 27.0. The highest BCUT2D eigenvalue weighted by Crippen LogP contribution is 2.40. The maximum Gasteiger partial charge on any atom is 0.415 e. The molecule has 63 heavy (non-hydrogen) atoms. The first-order valence-corrected chi connectivity index (χ1v) is 21.5. The Kier molecular flexibility index (Phi) is 11.2. The molecule has 17 nitrogen and oxygen atoms in total. The van der Waals surface area contributed by atoms with Crippen LogP contribution in [0.1, 0.15) is 49.6 Å². The van der Waals surface area contributed by atoms with Crippen molar-refractivity contribution in [3.05, 3.63) is 83.1 Å². The first kappa shape index (κ1) is 41.8. The van der Waals surface area contributed by atoms with Crippen molar-refractivity contribution in [3.8, 4) is 5.88 Å². The fourth-order valence-corrected chi connectivity index (χ4v) is 8.78. The Morgan fingerprint density at radius 2 is 1.68 bits per heavy atom. The van der Waals surface area contributed by atoms with Gasteiger partial charge in [-0.3, -0.25) is 29.6 Å². The molecule has 7 heterocycles. The molecule has 0 aliphatic carbocycles. The maximum atomic E-state index is 15.5. The first-order chi connectivity index (χ1) is 30.3. The molecule has 4 aromatic rings. The topological polar surface area (TPSA) is 169 Å². The third-order valence-electron chi connectivity index (χ3n) is 12.2. The maximum absolute atomic E-state index is 15.5. The molecular weight excluding hydrogens is 810 g/mol. The average Bonchev–Trinajstić information content (AvgIpc) is 3.23. The van der Waals surface area contributed by atoms with Gasteiger partial charge in [0.15, 0.2) is 0 Å². The van der Waals surface area contributed by atoms with Crippen LogP contribution in [0.3, 0.4) is 0 Å². The van der Waals surface area contributed by atoms with Gasteiger partial charge < -0.3 is 29.5 Å². The van der Waals surface area contributed by atoms with E-state index in [1.807, 2.05) is 52.0 Å². The number of likely N-dealkylation sites (tertiary alicyclic amines) is 1. The normalized spacial score (nSPS) is 18.3. The van der Waals surface area contributed by atoms with Crippen molar-refractivity contribution in [2.75, 3.05) is 90.4 Å². The number of nitrogens with one attached hydrogen (secondary N) is 2. The number of pyridine rings is 1. The molecule has 0 saturated carbocycles. The van der Waals surface area contributed by atoms with Crippen molar-refractivity contribution in [1.82, 2.24) is 30.1 Å². The lowest BCUT2D eigenvalue weighted by Gasteiger charge is -2.48. The quantitative estimate of drug-likeness (QED) is 0.249. The van der Waals surface area contributed by atoms with Crippen LogP contribution in [0.15, 0.2) is 54.9 Å². The number of hydrogen-bond acceptors (Lipinski definition) is 13. The number of carbonyl (C=O) groups excluding carboxylic acids is 4. The minimum Gasteiger partial charge on any atom is -0.474 e. The van der Waals surface area contributed by atoms with Crippen LogP contribution in [-0.4, -0.2) is 126 Å². The molecule has 2 N–H and O–H groups in total. The number of anilines is 6. The van der Waals surface area contributed by atoms with Crippen LogP contribution < -0.4 is 35.0 Å². The summed E-state index contributed by atoms with van der Waals surface area (Å²) >= 11 is 0. The number of amides is 5. The predicted octanol–water partition coefficient (Wildman–Crippen LogP) is 4.78. The molecular formula is C45H52FN11O6. The van der Waals surface area contributed by atoms with E-state index in [-0.39, 0.29) is 30.7 Å². The molecule has 0 bridgehead atoms. The Labute approximate surface area is 365 Å². The van der Waals surface area contributed by atoms with Crippen molar-refractivity contribution >= 4 is 58.3 Å². The highest BCUT2D eigenvalue weighted by atomic mass is 19.1. The summed E-state index contributed by atoms with van der Waals surface area (Å²) in [5.74, 6) is -0.109. The van der Waals surface area contributed by atoms with Crippen LogP contribution in [0.5, 0.6) is 5.88 Å². The van der Waals surface area contributed by atoms with E-state index >= 15 is 4.39 Å². The second kappa shape index (κ2) is 17.0. The van der Waals surface area contributed by atoms with Crippen molar-refractivity contribution in [2.45, 2.75) is 65.1 Å². The molecule has 330 valence electrons. The highest BCUT2D eigenvalue weighted by Gasteiger charge is 2.37. The predicted molar refractivity (Wildman–Crippen MR) is 234 cm³/mol. The third kappa shape index (κ3) is 8.89. The standard InChI is InChI=1S/C45H52FN11O6/c1-28-37(24-47-41-40(28)57(19-20-62-41)44(61)63-45(2,3)4)54-13-11-30-23-48-42(50-36(30)27-54)49-31-6-5-29(35(46)22-31)21-39(59)55-25-34(26-55)53-17-15-52(16-18-53)32-7-9-33(10-8-32)56-14-12-38(58)51-43(56)60/h5-10,22-24,34H,11-21,25-27H2,1-4H3,(H,48,49,50)(H,51,58,60). The van der Waals surface area contributed by atoms with Gasteiger partial charge in [-0.05, 0) is 81.6 Å². The van der Waals surface area contributed by atoms with Gasteiger partial charge in [0.25, 0.3) is 0 Å². The largest absolute Gasteiger partial charge is 0.474 e. The Balaban J connectivity index is 0.759. The van der Waals surface area contributed by atoms with Gasteiger partial charge in [0.2, 0.25) is 23.6 Å². The van der Waals surface area contributed by atoms with Crippen LogP contribution in [-0.2, 0) is 33.7 Å². The Hall–Kier alpha value is -6.56. The molecule has 5 aliphatic heterocycles. The highest BCUT2D eigenvalue weighted by molar-refractivity contribution is 6.05. The van der Waals surface area contributed by atoms with Crippen LogP contribution in [0.2, 0.25) is 0 Å². The second-order valence-corrected chi connectivity index (χ2v) is 17.6. The summed E-state index contributed by atoms with van der Waals surface area (Å²) in [6.07, 6.45) is 4.08. The SMILES string of the molecule is Cc1c(N2CCc3cnc(Nc4ccc(CC(=O)N5CC(N6CCN(c7ccc(N8CCC(=O)NC8=O)cc7)CC6)C5)c(F)c4)nc3C2)cnc2c1N(C(=O)OC(C)(C)C)CCO2. The molecule has 3 saturated heterocycles. The summed E-state index contributed by atoms with van der Waals surface area (Å²) in [5.41, 5.74) is 6.14. The van der Waals surface area contributed by atoms with Gasteiger partial charge in [-0.1, -0.05) is 6.07 Å². The van der Waals surface area contributed by atoms with Crippen LogP contribution in [0.4, 0.5) is 48.4 Å². The number of hydrogen-bond donors (Lipinski definition) is 2.